The highest BCUT2D eigenvalue weighted by Gasteiger charge is 2.31. The van der Waals surface area contributed by atoms with Gasteiger partial charge in [0.05, 0.1) is 28.7 Å². The van der Waals surface area contributed by atoms with Gasteiger partial charge in [0.1, 0.15) is 0 Å². The lowest BCUT2D eigenvalue weighted by molar-refractivity contribution is 0.172. The quantitative estimate of drug-likeness (QED) is 0.825. The average Bonchev–Trinajstić information content (AvgIpc) is 2.45. The van der Waals surface area contributed by atoms with Crippen LogP contribution in [-0.4, -0.2) is 25.7 Å². The molecule has 6 heteroatoms. The van der Waals surface area contributed by atoms with Gasteiger partial charge in [0.2, 0.25) is 10.0 Å². The van der Waals surface area contributed by atoms with Gasteiger partial charge in [0, 0.05) is 0 Å². The molecule has 0 aromatic heterocycles. The average molecular weight is 282 g/mol. The maximum atomic E-state index is 12.2. The van der Waals surface area contributed by atoms with E-state index in [2.05, 4.69) is 4.72 Å². The summed E-state index contributed by atoms with van der Waals surface area (Å²) in [4.78, 5) is 0.0891. The highest BCUT2D eigenvalue weighted by molar-refractivity contribution is 7.89. The van der Waals surface area contributed by atoms with Crippen molar-refractivity contribution in [3.63, 3.8) is 0 Å². The number of aliphatic hydroxyl groups is 1. The fourth-order valence-corrected chi connectivity index (χ4v) is 3.24. The van der Waals surface area contributed by atoms with Crippen LogP contribution in [0.25, 0.3) is 0 Å². The van der Waals surface area contributed by atoms with E-state index in [9.17, 15) is 13.5 Å². The van der Waals surface area contributed by atoms with Gasteiger partial charge in [0.25, 0.3) is 0 Å². The van der Waals surface area contributed by atoms with Crippen LogP contribution in [0.3, 0.4) is 0 Å². The van der Waals surface area contributed by atoms with Crippen molar-refractivity contribution in [1.29, 1.82) is 5.26 Å². The molecule has 0 heterocycles. The third-order valence-corrected chi connectivity index (χ3v) is 4.90. The molecule has 1 rings (SSSR count). The maximum absolute atomic E-state index is 12.2. The van der Waals surface area contributed by atoms with Crippen LogP contribution in [0.2, 0.25) is 0 Å². The van der Waals surface area contributed by atoms with Crippen LogP contribution in [0.1, 0.15) is 32.3 Å². The van der Waals surface area contributed by atoms with Crippen LogP contribution in [-0.2, 0) is 10.0 Å². The molecule has 1 aromatic carbocycles. The molecule has 0 saturated heterocycles. The Labute approximate surface area is 113 Å². The van der Waals surface area contributed by atoms with Crippen LogP contribution in [0.15, 0.2) is 29.2 Å². The monoisotopic (exact) mass is 282 g/mol. The number of nitrogens with zero attached hydrogens (tertiary/aromatic N) is 1. The van der Waals surface area contributed by atoms with E-state index < -0.39 is 15.6 Å². The summed E-state index contributed by atoms with van der Waals surface area (Å²) in [5.74, 6) is 0. The minimum Gasteiger partial charge on any atom is -0.394 e. The fourth-order valence-electron chi connectivity index (χ4n) is 1.70. The molecule has 104 valence electrons. The van der Waals surface area contributed by atoms with E-state index in [4.69, 9.17) is 5.26 Å². The summed E-state index contributed by atoms with van der Waals surface area (Å²) in [6.07, 6.45) is 0.991. The van der Waals surface area contributed by atoms with Gasteiger partial charge in [-0.2, -0.15) is 5.26 Å². The number of hydrogen-bond donors (Lipinski definition) is 2. The van der Waals surface area contributed by atoms with Gasteiger partial charge in [-0.3, -0.25) is 0 Å². The van der Waals surface area contributed by atoms with Crippen LogP contribution in [0, 0.1) is 11.3 Å². The third-order valence-electron chi connectivity index (χ3n) is 3.30. The largest absolute Gasteiger partial charge is 0.394 e. The summed E-state index contributed by atoms with van der Waals surface area (Å²) in [6, 6.07) is 7.60. The van der Waals surface area contributed by atoms with Crippen molar-refractivity contribution in [2.45, 2.75) is 37.1 Å². The molecule has 0 radical (unpaired) electrons. The van der Waals surface area contributed by atoms with E-state index in [-0.39, 0.29) is 11.5 Å². The summed E-state index contributed by atoms with van der Waals surface area (Å²) < 4.78 is 27.0. The Hall–Kier alpha value is -1.42. The van der Waals surface area contributed by atoms with Gasteiger partial charge >= 0.3 is 0 Å². The predicted molar refractivity (Wildman–Crippen MR) is 71.9 cm³/mol. The first kappa shape index (κ1) is 15.6. The molecule has 0 spiro atoms. The van der Waals surface area contributed by atoms with Gasteiger partial charge in [-0.15, -0.1) is 0 Å². The van der Waals surface area contributed by atoms with Crippen molar-refractivity contribution >= 4 is 10.0 Å². The highest BCUT2D eigenvalue weighted by atomic mass is 32.2. The number of aliphatic hydroxyl groups excluding tert-OH is 1. The molecule has 0 fully saturated rings. The summed E-state index contributed by atoms with van der Waals surface area (Å²) in [7, 11) is -3.70. The fraction of sp³-hybridized carbons (Fsp3) is 0.462. The first-order valence-electron chi connectivity index (χ1n) is 6.08. The minimum absolute atomic E-state index is 0.0891. The summed E-state index contributed by atoms with van der Waals surface area (Å²) >= 11 is 0. The molecular formula is C13H18N2O3S. The van der Waals surface area contributed by atoms with Crippen molar-refractivity contribution < 1.29 is 13.5 Å². The predicted octanol–water partition coefficient (Wildman–Crippen LogP) is 1.39. The molecule has 0 aliphatic rings. The molecule has 2 N–H and O–H groups in total. The van der Waals surface area contributed by atoms with Crippen LogP contribution in [0.4, 0.5) is 0 Å². The number of sulfonamides is 1. The van der Waals surface area contributed by atoms with Crippen LogP contribution >= 0.6 is 0 Å². The summed E-state index contributed by atoms with van der Waals surface area (Å²) in [5, 5.41) is 18.1. The number of nitriles is 1. The first-order valence-corrected chi connectivity index (χ1v) is 7.56. The number of benzene rings is 1. The molecule has 0 unspecified atom stereocenters. The van der Waals surface area contributed by atoms with Crippen molar-refractivity contribution in [2.24, 2.45) is 0 Å². The lowest BCUT2D eigenvalue weighted by Crippen LogP contribution is -2.50. The molecule has 0 aliphatic heterocycles. The zero-order valence-electron chi connectivity index (χ0n) is 11.0. The van der Waals surface area contributed by atoms with E-state index in [0.29, 0.717) is 18.4 Å². The Morgan fingerprint density at radius 1 is 1.26 bits per heavy atom. The molecule has 5 nitrogen and oxygen atoms in total. The van der Waals surface area contributed by atoms with Crippen molar-refractivity contribution in [3.8, 4) is 6.07 Å². The minimum atomic E-state index is -3.70. The Kier molecular flexibility index (Phi) is 5.06. The zero-order chi connectivity index (χ0) is 14.5. The highest BCUT2D eigenvalue weighted by Crippen LogP contribution is 2.19. The third kappa shape index (κ3) is 3.53. The zero-order valence-corrected chi connectivity index (χ0v) is 11.9. The van der Waals surface area contributed by atoms with Crippen molar-refractivity contribution in [1.82, 2.24) is 4.72 Å². The van der Waals surface area contributed by atoms with Crippen LogP contribution < -0.4 is 4.72 Å². The maximum Gasteiger partial charge on any atom is 0.241 e. The van der Waals surface area contributed by atoms with Gasteiger partial charge in [-0.05, 0) is 37.1 Å². The molecule has 1 aromatic rings. The second kappa shape index (κ2) is 6.15. The van der Waals surface area contributed by atoms with E-state index in [1.165, 1.54) is 24.3 Å². The van der Waals surface area contributed by atoms with Gasteiger partial charge in [0.15, 0.2) is 0 Å². The lowest BCUT2D eigenvalue weighted by Gasteiger charge is -2.30. The Bertz CT molecular complexity index is 546. The van der Waals surface area contributed by atoms with E-state index >= 15 is 0 Å². The van der Waals surface area contributed by atoms with Gasteiger partial charge < -0.3 is 5.11 Å². The molecule has 0 aliphatic carbocycles. The molecule has 0 saturated carbocycles. The van der Waals surface area contributed by atoms with E-state index in [0.717, 1.165) is 0 Å². The SMILES string of the molecule is CCC(CC)(CO)NS(=O)(=O)c1ccc(C#N)cc1. The Morgan fingerprint density at radius 3 is 2.16 bits per heavy atom. The van der Waals surface area contributed by atoms with E-state index in [1.54, 1.807) is 0 Å². The van der Waals surface area contributed by atoms with E-state index in [1.807, 2.05) is 19.9 Å². The topological polar surface area (TPSA) is 90.2 Å². The normalized spacial score (nSPS) is 12.1. The number of rotatable bonds is 6. The second-order valence-corrected chi connectivity index (χ2v) is 6.07. The van der Waals surface area contributed by atoms with Crippen LogP contribution in [0.5, 0.6) is 0 Å². The number of nitrogens with one attached hydrogen (secondary N) is 1. The molecule has 19 heavy (non-hydrogen) atoms. The number of hydrogen-bond acceptors (Lipinski definition) is 4. The van der Waals surface area contributed by atoms with Gasteiger partial charge in [-0.1, -0.05) is 13.8 Å². The summed E-state index contributed by atoms with van der Waals surface area (Å²) in [5.41, 5.74) is -0.439. The Morgan fingerprint density at radius 2 is 1.79 bits per heavy atom. The second-order valence-electron chi connectivity index (χ2n) is 4.39. The van der Waals surface area contributed by atoms with Crippen molar-refractivity contribution in [2.75, 3.05) is 6.61 Å². The lowest BCUT2D eigenvalue weighted by atomic mass is 9.96. The molecule has 0 amide bonds. The summed E-state index contributed by atoms with van der Waals surface area (Å²) in [6.45, 7) is 3.39. The van der Waals surface area contributed by atoms with Gasteiger partial charge in [-0.25, -0.2) is 13.1 Å². The smallest absolute Gasteiger partial charge is 0.241 e. The molecule has 0 bridgehead atoms. The molecular weight excluding hydrogens is 264 g/mol. The molecule has 0 atom stereocenters. The standard InChI is InChI=1S/C13H18N2O3S/c1-3-13(4-2,10-16)15-19(17,18)12-7-5-11(9-14)6-8-12/h5-8,15-16H,3-4,10H2,1-2H3. The first-order chi connectivity index (χ1) is 8.93. The Balaban J connectivity index is 3.07. The van der Waals surface area contributed by atoms with Crippen molar-refractivity contribution in [3.05, 3.63) is 29.8 Å².